The van der Waals surface area contributed by atoms with Crippen LogP contribution in [-0.2, 0) is 11.2 Å². The normalized spacial score (nSPS) is 19.2. The van der Waals surface area contributed by atoms with Gasteiger partial charge >= 0.3 is 6.01 Å². The van der Waals surface area contributed by atoms with E-state index in [0.717, 1.165) is 31.5 Å². The number of hydrogen-bond acceptors (Lipinski definition) is 6. The van der Waals surface area contributed by atoms with E-state index in [1.54, 1.807) is 0 Å². The minimum atomic E-state index is -0.353. The summed E-state index contributed by atoms with van der Waals surface area (Å²) in [4.78, 5) is 16.4. The molecular formula is C19H26ClN5O2. The van der Waals surface area contributed by atoms with Crippen molar-refractivity contribution in [1.29, 1.82) is 0 Å². The van der Waals surface area contributed by atoms with Crippen LogP contribution >= 0.6 is 12.4 Å². The summed E-state index contributed by atoms with van der Waals surface area (Å²) in [6.07, 6.45) is 5.35. The van der Waals surface area contributed by atoms with Gasteiger partial charge in [0.15, 0.2) is 0 Å². The van der Waals surface area contributed by atoms with E-state index in [0.29, 0.717) is 30.9 Å². The van der Waals surface area contributed by atoms with E-state index >= 15 is 0 Å². The predicted molar refractivity (Wildman–Crippen MR) is 105 cm³/mol. The average Bonchev–Trinajstić information content (AvgIpc) is 3.35. The second-order valence-electron chi connectivity index (χ2n) is 7.17. The topological polar surface area (TPSA) is 88.5 Å². The fourth-order valence-corrected chi connectivity index (χ4v) is 3.91. The molecule has 1 aromatic heterocycles. The molecule has 7 nitrogen and oxygen atoms in total. The Morgan fingerprint density at radius 1 is 1.15 bits per heavy atom. The van der Waals surface area contributed by atoms with Crippen molar-refractivity contribution in [2.24, 2.45) is 5.73 Å². The van der Waals surface area contributed by atoms with Gasteiger partial charge in [-0.15, -0.1) is 17.5 Å². The Bertz CT molecular complexity index is 748. The first kappa shape index (κ1) is 19.6. The minimum absolute atomic E-state index is 0. The third-order valence-corrected chi connectivity index (χ3v) is 5.34. The van der Waals surface area contributed by atoms with E-state index in [2.05, 4.69) is 10.2 Å². The average molecular weight is 392 g/mol. The molecule has 0 radical (unpaired) electrons. The Kier molecular flexibility index (Phi) is 6.34. The highest BCUT2D eigenvalue weighted by Gasteiger charge is 2.33. The third kappa shape index (κ3) is 4.42. The largest absolute Gasteiger partial charge is 0.406 e. The van der Waals surface area contributed by atoms with Crippen LogP contribution in [0.3, 0.4) is 0 Å². The summed E-state index contributed by atoms with van der Waals surface area (Å²) in [5.41, 5.74) is 7.34. The molecule has 8 heteroatoms. The zero-order valence-electron chi connectivity index (χ0n) is 15.3. The molecule has 4 rings (SSSR count). The monoisotopic (exact) mass is 391 g/mol. The number of hydrogen-bond donors (Lipinski definition) is 1. The first-order valence-corrected chi connectivity index (χ1v) is 9.38. The molecule has 1 aromatic carbocycles. The molecule has 2 aromatic rings. The number of anilines is 1. The highest BCUT2D eigenvalue weighted by molar-refractivity contribution is 5.85. The number of piperazine rings is 1. The van der Waals surface area contributed by atoms with E-state index in [-0.39, 0.29) is 24.4 Å². The van der Waals surface area contributed by atoms with Gasteiger partial charge in [0.2, 0.25) is 11.8 Å². The number of rotatable bonds is 5. The van der Waals surface area contributed by atoms with Gasteiger partial charge in [-0.25, -0.2) is 0 Å². The summed E-state index contributed by atoms with van der Waals surface area (Å²) in [6, 6.07) is 10.4. The van der Waals surface area contributed by atoms with E-state index < -0.39 is 0 Å². The molecule has 2 N–H and O–H groups in total. The highest BCUT2D eigenvalue weighted by atomic mass is 35.5. The molecule has 1 saturated carbocycles. The van der Waals surface area contributed by atoms with Gasteiger partial charge in [0.1, 0.15) is 6.54 Å². The molecule has 1 saturated heterocycles. The zero-order chi connectivity index (χ0) is 17.9. The number of nitrogens with zero attached hydrogens (tertiary/aromatic N) is 4. The first-order chi connectivity index (χ1) is 12.7. The van der Waals surface area contributed by atoms with Gasteiger partial charge in [-0.05, 0) is 24.8 Å². The number of halogens is 1. The second-order valence-corrected chi connectivity index (χ2v) is 7.17. The van der Waals surface area contributed by atoms with Gasteiger partial charge in [0.25, 0.3) is 0 Å². The smallest absolute Gasteiger partial charge is 0.318 e. The first-order valence-electron chi connectivity index (χ1n) is 9.38. The quantitative estimate of drug-likeness (QED) is 0.841. The number of nitrogens with two attached hydrogens (primary N) is 1. The lowest BCUT2D eigenvalue weighted by molar-refractivity contribution is -0.133. The van der Waals surface area contributed by atoms with Gasteiger partial charge in [-0.2, -0.15) is 0 Å². The Morgan fingerprint density at radius 2 is 1.89 bits per heavy atom. The van der Waals surface area contributed by atoms with Crippen molar-refractivity contribution < 1.29 is 9.21 Å². The Balaban J connectivity index is 0.00000210. The van der Waals surface area contributed by atoms with Crippen molar-refractivity contribution in [3.05, 3.63) is 41.8 Å². The summed E-state index contributed by atoms with van der Waals surface area (Å²) in [5, 5.41) is 8.22. The standard InChI is InChI=1S/C19H25N5O2.ClH/c20-16(12-14-6-2-1-3-7-14)18-21-22-19(26-18)23-10-11-24(17(25)13-23)15-8-4-5-9-15;/h1-3,6-7,15-16H,4-5,8-13,20H2;1H/t16-;/m1./s1. The lowest BCUT2D eigenvalue weighted by Gasteiger charge is -2.37. The van der Waals surface area contributed by atoms with Gasteiger partial charge < -0.3 is 20.0 Å². The maximum atomic E-state index is 12.5. The Labute approximate surface area is 165 Å². The Morgan fingerprint density at radius 3 is 2.59 bits per heavy atom. The predicted octanol–water partition coefficient (Wildman–Crippen LogP) is 2.33. The fourth-order valence-electron chi connectivity index (χ4n) is 3.91. The van der Waals surface area contributed by atoms with Gasteiger partial charge in [-0.1, -0.05) is 48.3 Å². The molecule has 0 spiro atoms. The summed E-state index contributed by atoms with van der Waals surface area (Å²) >= 11 is 0. The third-order valence-electron chi connectivity index (χ3n) is 5.34. The molecule has 1 aliphatic carbocycles. The van der Waals surface area contributed by atoms with Gasteiger partial charge in [0.05, 0.1) is 6.04 Å². The van der Waals surface area contributed by atoms with Crippen molar-refractivity contribution >= 4 is 24.3 Å². The molecule has 2 aliphatic rings. The van der Waals surface area contributed by atoms with Gasteiger partial charge in [-0.3, -0.25) is 4.79 Å². The summed E-state index contributed by atoms with van der Waals surface area (Å²) in [7, 11) is 0. The molecule has 1 atom stereocenters. The van der Waals surface area contributed by atoms with Crippen molar-refractivity contribution in [3.63, 3.8) is 0 Å². The van der Waals surface area contributed by atoms with E-state index in [1.807, 2.05) is 40.1 Å². The molecule has 0 unspecified atom stereocenters. The number of aromatic nitrogens is 2. The van der Waals surface area contributed by atoms with Crippen LogP contribution in [0, 0.1) is 0 Å². The molecule has 1 amide bonds. The molecule has 0 bridgehead atoms. The van der Waals surface area contributed by atoms with E-state index in [1.165, 1.54) is 12.8 Å². The van der Waals surface area contributed by atoms with E-state index in [9.17, 15) is 4.79 Å². The molecule has 27 heavy (non-hydrogen) atoms. The summed E-state index contributed by atoms with van der Waals surface area (Å²) < 4.78 is 5.77. The minimum Gasteiger partial charge on any atom is -0.406 e. The zero-order valence-corrected chi connectivity index (χ0v) is 16.1. The second kappa shape index (κ2) is 8.71. The maximum absolute atomic E-state index is 12.5. The van der Waals surface area contributed by atoms with Crippen LogP contribution < -0.4 is 10.6 Å². The van der Waals surface area contributed by atoms with Gasteiger partial charge in [0, 0.05) is 19.1 Å². The molecule has 146 valence electrons. The van der Waals surface area contributed by atoms with Crippen LogP contribution in [0.1, 0.15) is 43.2 Å². The highest BCUT2D eigenvalue weighted by Crippen LogP contribution is 2.26. The number of benzene rings is 1. The SMILES string of the molecule is Cl.N[C@H](Cc1ccccc1)c1nnc(N2CCN(C3CCCC3)C(=O)C2)o1. The van der Waals surface area contributed by atoms with Crippen molar-refractivity contribution in [2.75, 3.05) is 24.5 Å². The summed E-state index contributed by atoms with van der Waals surface area (Å²) in [5.74, 6) is 0.561. The molecule has 1 aliphatic heterocycles. The molecular weight excluding hydrogens is 366 g/mol. The number of carbonyl (C=O) groups excluding carboxylic acids is 1. The van der Waals surface area contributed by atoms with Crippen LogP contribution in [0.4, 0.5) is 6.01 Å². The van der Waals surface area contributed by atoms with Crippen LogP contribution in [0.5, 0.6) is 0 Å². The molecule has 2 fully saturated rings. The lowest BCUT2D eigenvalue weighted by atomic mass is 10.1. The number of carbonyl (C=O) groups is 1. The fraction of sp³-hybridized carbons (Fsp3) is 0.526. The Hall–Kier alpha value is -2.12. The number of amides is 1. The van der Waals surface area contributed by atoms with Crippen molar-refractivity contribution in [2.45, 2.75) is 44.2 Å². The van der Waals surface area contributed by atoms with Crippen molar-refractivity contribution in [3.8, 4) is 0 Å². The lowest BCUT2D eigenvalue weighted by Crippen LogP contribution is -2.53. The van der Waals surface area contributed by atoms with Crippen LogP contribution in [0.2, 0.25) is 0 Å². The van der Waals surface area contributed by atoms with E-state index in [4.69, 9.17) is 10.2 Å². The maximum Gasteiger partial charge on any atom is 0.318 e. The molecule has 2 heterocycles. The van der Waals surface area contributed by atoms with Crippen molar-refractivity contribution in [1.82, 2.24) is 15.1 Å². The summed E-state index contributed by atoms with van der Waals surface area (Å²) in [6.45, 7) is 1.74. The van der Waals surface area contributed by atoms with Crippen LogP contribution in [-0.4, -0.2) is 46.7 Å². The van der Waals surface area contributed by atoms with Crippen LogP contribution in [0.15, 0.2) is 34.7 Å². The van der Waals surface area contributed by atoms with Crippen LogP contribution in [0.25, 0.3) is 0 Å².